The van der Waals surface area contributed by atoms with E-state index in [0.717, 1.165) is 25.2 Å². The highest BCUT2D eigenvalue weighted by molar-refractivity contribution is 5.90. The van der Waals surface area contributed by atoms with Crippen molar-refractivity contribution < 1.29 is 4.79 Å². The number of urea groups is 1. The van der Waals surface area contributed by atoms with Crippen molar-refractivity contribution in [2.75, 3.05) is 30.4 Å². The minimum Gasteiger partial charge on any atom is -0.374 e. The van der Waals surface area contributed by atoms with Gasteiger partial charge in [-0.05, 0) is 48.3 Å². The summed E-state index contributed by atoms with van der Waals surface area (Å²) in [5.41, 5.74) is 3.80. The molecule has 2 N–H and O–H groups in total. The summed E-state index contributed by atoms with van der Waals surface area (Å²) in [5.74, 6) is 0.631. The number of benzene rings is 1. The molecule has 1 heterocycles. The minimum atomic E-state index is -0.0949. The molecule has 2 aliphatic rings. The summed E-state index contributed by atoms with van der Waals surface area (Å²) in [6, 6.07) is 6.08. The Hall–Kier alpha value is -1.71. The highest BCUT2D eigenvalue weighted by atomic mass is 16.2. The predicted octanol–water partition coefficient (Wildman–Crippen LogP) is 3.24. The Kier molecular flexibility index (Phi) is 3.56. The molecule has 0 atom stereocenters. The normalized spacial score (nSPS) is 18.6. The summed E-state index contributed by atoms with van der Waals surface area (Å²) in [6.07, 6.45) is 3.55. The Morgan fingerprint density at radius 1 is 1.38 bits per heavy atom. The number of likely N-dealkylation sites (N-methyl/N-ethyl adjacent to an activating group) is 1. The van der Waals surface area contributed by atoms with Crippen molar-refractivity contribution in [3.8, 4) is 0 Å². The first-order valence-electron chi connectivity index (χ1n) is 7.89. The summed E-state index contributed by atoms with van der Waals surface area (Å²) in [7, 11) is 2.09. The van der Waals surface area contributed by atoms with Crippen molar-refractivity contribution in [1.82, 2.24) is 5.32 Å². The maximum absolute atomic E-state index is 12.1. The van der Waals surface area contributed by atoms with Crippen LogP contribution in [0, 0.1) is 11.3 Å². The van der Waals surface area contributed by atoms with Gasteiger partial charge in [-0.25, -0.2) is 4.79 Å². The summed E-state index contributed by atoms with van der Waals surface area (Å²) in [5, 5.41) is 5.99. The molecule has 1 aliphatic heterocycles. The second kappa shape index (κ2) is 5.24. The summed E-state index contributed by atoms with van der Waals surface area (Å²) in [6.45, 7) is 6.31. The van der Waals surface area contributed by atoms with Crippen LogP contribution >= 0.6 is 0 Å². The number of nitrogens with zero attached hydrogens (tertiary/aromatic N) is 1. The Morgan fingerprint density at radius 3 is 2.81 bits per heavy atom. The molecule has 21 heavy (non-hydrogen) atoms. The number of hydrogen-bond donors (Lipinski definition) is 2. The van der Waals surface area contributed by atoms with Gasteiger partial charge in [0, 0.05) is 31.5 Å². The molecule has 1 fully saturated rings. The largest absolute Gasteiger partial charge is 0.374 e. The van der Waals surface area contributed by atoms with Crippen LogP contribution in [0.25, 0.3) is 0 Å². The Morgan fingerprint density at radius 2 is 2.14 bits per heavy atom. The van der Waals surface area contributed by atoms with Gasteiger partial charge in [-0.3, -0.25) is 0 Å². The maximum atomic E-state index is 12.1. The van der Waals surface area contributed by atoms with E-state index in [1.54, 1.807) is 0 Å². The number of anilines is 2. The Bertz CT molecular complexity index is 549. The molecule has 1 aromatic rings. The lowest BCUT2D eigenvalue weighted by Crippen LogP contribution is -2.35. The second-order valence-corrected chi connectivity index (χ2v) is 6.84. The quantitative estimate of drug-likeness (QED) is 0.893. The molecule has 0 bridgehead atoms. The molecule has 0 radical (unpaired) electrons. The number of hydrogen-bond acceptors (Lipinski definition) is 2. The molecule has 114 valence electrons. The molecule has 1 aliphatic carbocycles. The van der Waals surface area contributed by atoms with E-state index in [-0.39, 0.29) is 6.03 Å². The molecular formula is C17H25N3O. The second-order valence-electron chi connectivity index (χ2n) is 6.84. The zero-order valence-corrected chi connectivity index (χ0v) is 13.2. The van der Waals surface area contributed by atoms with Crippen LogP contribution < -0.4 is 15.5 Å². The number of fused-ring (bicyclic) bond motifs is 1. The highest BCUT2D eigenvalue weighted by Gasteiger charge is 2.45. The van der Waals surface area contributed by atoms with Crippen molar-refractivity contribution in [2.45, 2.75) is 33.1 Å². The first-order chi connectivity index (χ1) is 10.00. The molecule has 0 aromatic heterocycles. The van der Waals surface area contributed by atoms with Crippen LogP contribution in [0.5, 0.6) is 0 Å². The fourth-order valence-electron chi connectivity index (χ4n) is 3.17. The third-order valence-electron chi connectivity index (χ3n) is 5.19. The van der Waals surface area contributed by atoms with Crippen LogP contribution in [0.2, 0.25) is 0 Å². The first kappa shape index (κ1) is 14.2. The van der Waals surface area contributed by atoms with Gasteiger partial charge in [-0.1, -0.05) is 19.9 Å². The van der Waals surface area contributed by atoms with E-state index in [1.807, 2.05) is 6.07 Å². The average molecular weight is 287 g/mol. The molecule has 4 nitrogen and oxygen atoms in total. The lowest BCUT2D eigenvalue weighted by molar-refractivity contribution is 0.246. The van der Waals surface area contributed by atoms with E-state index in [4.69, 9.17) is 0 Å². The molecule has 1 saturated carbocycles. The summed E-state index contributed by atoms with van der Waals surface area (Å²) in [4.78, 5) is 14.3. The summed E-state index contributed by atoms with van der Waals surface area (Å²) < 4.78 is 0. The molecule has 0 saturated heterocycles. The van der Waals surface area contributed by atoms with E-state index in [9.17, 15) is 4.79 Å². The van der Waals surface area contributed by atoms with Crippen LogP contribution in [0.15, 0.2) is 18.2 Å². The fraction of sp³-hybridized carbons (Fsp3) is 0.588. The molecule has 2 amide bonds. The lowest BCUT2D eigenvalue weighted by Gasteiger charge is -2.20. The molecule has 0 spiro atoms. The minimum absolute atomic E-state index is 0.0949. The third-order valence-corrected chi connectivity index (χ3v) is 5.19. The van der Waals surface area contributed by atoms with Gasteiger partial charge >= 0.3 is 6.03 Å². The van der Waals surface area contributed by atoms with E-state index in [1.165, 1.54) is 24.1 Å². The fourth-order valence-corrected chi connectivity index (χ4v) is 3.17. The monoisotopic (exact) mass is 287 g/mol. The van der Waals surface area contributed by atoms with Crippen LogP contribution in [-0.2, 0) is 6.42 Å². The van der Waals surface area contributed by atoms with Gasteiger partial charge in [-0.15, -0.1) is 0 Å². The van der Waals surface area contributed by atoms with Gasteiger partial charge in [0.15, 0.2) is 0 Å². The SMILES string of the molecule is CC(C)C1(CNC(=O)Nc2ccc3c(c2)N(C)CC3)CC1. The van der Waals surface area contributed by atoms with Crippen molar-refractivity contribution >= 4 is 17.4 Å². The number of amides is 2. The van der Waals surface area contributed by atoms with Crippen molar-refractivity contribution in [3.05, 3.63) is 23.8 Å². The van der Waals surface area contributed by atoms with Crippen molar-refractivity contribution in [3.63, 3.8) is 0 Å². The standard InChI is InChI=1S/C17H25N3O/c1-12(2)17(7-8-17)11-18-16(21)19-14-5-4-13-6-9-20(3)15(13)10-14/h4-5,10,12H,6-9,11H2,1-3H3,(H2,18,19,21). The topological polar surface area (TPSA) is 44.4 Å². The predicted molar refractivity (Wildman–Crippen MR) is 86.9 cm³/mol. The van der Waals surface area contributed by atoms with E-state index in [0.29, 0.717) is 11.3 Å². The number of carbonyl (C=O) groups excluding carboxylic acids is 1. The van der Waals surface area contributed by atoms with E-state index >= 15 is 0 Å². The van der Waals surface area contributed by atoms with Crippen LogP contribution in [0.1, 0.15) is 32.3 Å². The molecule has 3 rings (SSSR count). The lowest BCUT2D eigenvalue weighted by atomic mass is 9.92. The zero-order chi connectivity index (χ0) is 15.0. The Labute approximate surface area is 126 Å². The summed E-state index contributed by atoms with van der Waals surface area (Å²) >= 11 is 0. The van der Waals surface area contributed by atoms with Gasteiger partial charge in [-0.2, -0.15) is 0 Å². The third kappa shape index (κ3) is 2.85. The molecule has 4 heteroatoms. The maximum Gasteiger partial charge on any atom is 0.319 e. The van der Waals surface area contributed by atoms with Gasteiger partial charge in [0.1, 0.15) is 0 Å². The van der Waals surface area contributed by atoms with Crippen LogP contribution in [0.3, 0.4) is 0 Å². The molecule has 0 unspecified atom stereocenters. The van der Waals surface area contributed by atoms with Crippen molar-refractivity contribution in [2.24, 2.45) is 11.3 Å². The van der Waals surface area contributed by atoms with Gasteiger partial charge in [0.2, 0.25) is 0 Å². The zero-order valence-electron chi connectivity index (χ0n) is 13.2. The van der Waals surface area contributed by atoms with Crippen molar-refractivity contribution in [1.29, 1.82) is 0 Å². The first-order valence-corrected chi connectivity index (χ1v) is 7.89. The number of carbonyl (C=O) groups is 1. The van der Waals surface area contributed by atoms with Crippen LogP contribution in [0.4, 0.5) is 16.2 Å². The highest BCUT2D eigenvalue weighted by Crippen LogP contribution is 2.51. The number of nitrogens with one attached hydrogen (secondary N) is 2. The van der Waals surface area contributed by atoms with Gasteiger partial charge in [0.05, 0.1) is 0 Å². The Balaban J connectivity index is 1.57. The van der Waals surface area contributed by atoms with E-state index in [2.05, 4.69) is 48.6 Å². The number of rotatable bonds is 4. The average Bonchev–Trinajstić information content (AvgIpc) is 3.17. The van der Waals surface area contributed by atoms with E-state index < -0.39 is 0 Å². The molecular weight excluding hydrogens is 262 g/mol. The van der Waals surface area contributed by atoms with Gasteiger partial charge < -0.3 is 15.5 Å². The van der Waals surface area contributed by atoms with Gasteiger partial charge in [0.25, 0.3) is 0 Å². The smallest absolute Gasteiger partial charge is 0.319 e. The molecule has 1 aromatic carbocycles. The van der Waals surface area contributed by atoms with Crippen LogP contribution in [-0.4, -0.2) is 26.2 Å².